The molecule has 0 fully saturated rings. The Morgan fingerprint density at radius 3 is 2.86 bits per heavy atom. The minimum Gasteiger partial charge on any atom is -0.354 e. The van der Waals surface area contributed by atoms with E-state index in [1.54, 1.807) is 6.20 Å². The zero-order valence-electron chi connectivity index (χ0n) is 13.5. The minimum absolute atomic E-state index is 0.125. The van der Waals surface area contributed by atoms with Gasteiger partial charge in [0.15, 0.2) is 0 Å². The van der Waals surface area contributed by atoms with Gasteiger partial charge in [0.2, 0.25) is 0 Å². The maximum Gasteiger partial charge on any atom is 0.315 e. The number of hydrogen-bond acceptors (Lipinski definition) is 2. The molecule has 2 amide bonds. The van der Waals surface area contributed by atoms with Crippen LogP contribution in [0.15, 0.2) is 36.7 Å². The molecule has 118 valence electrons. The maximum absolute atomic E-state index is 11.9. The summed E-state index contributed by atoms with van der Waals surface area (Å²) in [7, 11) is 2.04. The molecule has 0 aliphatic carbocycles. The number of nitrogens with zero attached hydrogens (tertiary/aromatic N) is 2. The highest BCUT2D eigenvalue weighted by atomic mass is 16.2. The Morgan fingerprint density at radius 1 is 1.36 bits per heavy atom. The van der Waals surface area contributed by atoms with Crippen LogP contribution in [0.2, 0.25) is 0 Å². The molecule has 0 aliphatic rings. The summed E-state index contributed by atoms with van der Waals surface area (Å²) in [4.78, 5) is 16.2. The molecule has 5 heteroatoms. The third-order valence-corrected chi connectivity index (χ3v) is 3.80. The molecule has 0 aliphatic heterocycles. The third-order valence-electron chi connectivity index (χ3n) is 3.80. The molecule has 0 saturated heterocycles. The van der Waals surface area contributed by atoms with Crippen molar-refractivity contribution in [3.05, 3.63) is 53.6 Å². The van der Waals surface area contributed by atoms with Crippen LogP contribution in [0.25, 0.3) is 0 Å². The van der Waals surface area contributed by atoms with Gasteiger partial charge in [0.05, 0.1) is 12.2 Å². The van der Waals surface area contributed by atoms with Crippen molar-refractivity contribution in [2.75, 3.05) is 0 Å². The predicted molar refractivity (Wildman–Crippen MR) is 87.5 cm³/mol. The van der Waals surface area contributed by atoms with Gasteiger partial charge in [-0.15, -0.1) is 0 Å². The van der Waals surface area contributed by atoms with Crippen LogP contribution < -0.4 is 10.6 Å². The summed E-state index contributed by atoms with van der Waals surface area (Å²) in [5, 5.41) is 5.82. The molecule has 0 spiro atoms. The number of aryl methyl sites for hydroxylation is 3. The number of hydrogen-bond donors (Lipinski definition) is 2. The van der Waals surface area contributed by atoms with Crippen LogP contribution in [0.1, 0.15) is 30.3 Å². The molecule has 2 rings (SSSR count). The van der Waals surface area contributed by atoms with E-state index < -0.39 is 0 Å². The van der Waals surface area contributed by atoms with E-state index in [4.69, 9.17) is 0 Å². The Balaban J connectivity index is 1.72. The van der Waals surface area contributed by atoms with Crippen molar-refractivity contribution in [3.8, 4) is 0 Å². The molecule has 0 bridgehead atoms. The molecule has 0 unspecified atom stereocenters. The molecule has 5 nitrogen and oxygen atoms in total. The summed E-state index contributed by atoms with van der Waals surface area (Å²) in [5.41, 5.74) is 3.26. The molecular formula is C17H24N4O. The van der Waals surface area contributed by atoms with Gasteiger partial charge in [-0.3, -0.25) is 4.98 Å². The number of nitrogens with one attached hydrogen (secondary N) is 2. The van der Waals surface area contributed by atoms with Crippen LogP contribution in [0, 0.1) is 6.92 Å². The van der Waals surface area contributed by atoms with Gasteiger partial charge in [0.25, 0.3) is 0 Å². The van der Waals surface area contributed by atoms with Gasteiger partial charge in [-0.2, -0.15) is 0 Å². The summed E-state index contributed by atoms with van der Waals surface area (Å²) >= 11 is 0. The predicted octanol–water partition coefficient (Wildman–Crippen LogP) is 2.55. The first-order valence-corrected chi connectivity index (χ1v) is 7.61. The fraction of sp³-hybridized carbons (Fsp3) is 0.412. The summed E-state index contributed by atoms with van der Waals surface area (Å²) in [6.45, 7) is 4.46. The Bertz CT molecular complexity index is 621. The van der Waals surface area contributed by atoms with Crippen molar-refractivity contribution in [1.82, 2.24) is 20.2 Å². The van der Waals surface area contributed by atoms with Gasteiger partial charge in [0, 0.05) is 31.2 Å². The number of aromatic nitrogens is 2. The number of rotatable bonds is 6. The molecule has 0 aromatic carbocycles. The lowest BCUT2D eigenvalue weighted by atomic mass is 10.1. The highest BCUT2D eigenvalue weighted by molar-refractivity contribution is 5.74. The number of carbonyl (C=O) groups excluding carboxylic acids is 1. The molecule has 2 heterocycles. The Hall–Kier alpha value is -2.30. The largest absolute Gasteiger partial charge is 0.354 e. The van der Waals surface area contributed by atoms with E-state index in [9.17, 15) is 4.79 Å². The Morgan fingerprint density at radius 2 is 2.18 bits per heavy atom. The van der Waals surface area contributed by atoms with Gasteiger partial charge >= 0.3 is 6.03 Å². The van der Waals surface area contributed by atoms with Crippen LogP contribution in [0.4, 0.5) is 4.79 Å². The van der Waals surface area contributed by atoms with E-state index in [1.165, 1.54) is 5.69 Å². The van der Waals surface area contributed by atoms with E-state index in [2.05, 4.69) is 26.3 Å². The number of carbonyl (C=O) groups is 1. The zero-order valence-corrected chi connectivity index (χ0v) is 13.5. The fourth-order valence-electron chi connectivity index (χ4n) is 2.34. The molecule has 0 saturated carbocycles. The second kappa shape index (κ2) is 7.64. The summed E-state index contributed by atoms with van der Waals surface area (Å²) in [5.74, 6) is 0. The molecule has 0 radical (unpaired) electrons. The van der Waals surface area contributed by atoms with Crippen molar-refractivity contribution in [1.29, 1.82) is 0 Å². The molecule has 2 N–H and O–H groups in total. The topological polar surface area (TPSA) is 59.0 Å². The fourth-order valence-corrected chi connectivity index (χ4v) is 2.34. The molecule has 2 aromatic heterocycles. The Kier molecular flexibility index (Phi) is 5.58. The first-order chi connectivity index (χ1) is 10.6. The molecular weight excluding hydrogens is 276 g/mol. The molecule has 1 atom stereocenters. The van der Waals surface area contributed by atoms with Crippen molar-refractivity contribution in [3.63, 3.8) is 0 Å². The van der Waals surface area contributed by atoms with Gasteiger partial charge in [0.1, 0.15) is 0 Å². The second-order valence-corrected chi connectivity index (χ2v) is 5.64. The minimum atomic E-state index is -0.149. The first kappa shape index (κ1) is 16.1. The summed E-state index contributed by atoms with van der Waals surface area (Å²) < 4.78 is 2.11. The van der Waals surface area contributed by atoms with Gasteiger partial charge in [-0.05, 0) is 50.5 Å². The second-order valence-electron chi connectivity index (χ2n) is 5.64. The number of pyridine rings is 1. The van der Waals surface area contributed by atoms with Crippen molar-refractivity contribution in [2.45, 2.75) is 39.3 Å². The van der Waals surface area contributed by atoms with Gasteiger partial charge in [-0.25, -0.2) is 4.79 Å². The lowest BCUT2D eigenvalue weighted by molar-refractivity contribution is 0.236. The van der Waals surface area contributed by atoms with E-state index in [0.717, 1.165) is 24.1 Å². The van der Waals surface area contributed by atoms with Crippen molar-refractivity contribution < 1.29 is 4.79 Å². The lowest BCUT2D eigenvalue weighted by Gasteiger charge is -2.15. The van der Waals surface area contributed by atoms with Crippen LogP contribution >= 0.6 is 0 Å². The monoisotopic (exact) mass is 300 g/mol. The van der Waals surface area contributed by atoms with Crippen LogP contribution in [0.5, 0.6) is 0 Å². The van der Waals surface area contributed by atoms with Gasteiger partial charge in [-0.1, -0.05) is 6.07 Å². The van der Waals surface area contributed by atoms with E-state index in [-0.39, 0.29) is 12.1 Å². The van der Waals surface area contributed by atoms with E-state index >= 15 is 0 Å². The summed E-state index contributed by atoms with van der Waals surface area (Å²) in [6.07, 6.45) is 5.64. The highest BCUT2D eigenvalue weighted by Crippen LogP contribution is 2.06. The van der Waals surface area contributed by atoms with Crippen LogP contribution in [-0.4, -0.2) is 21.6 Å². The van der Waals surface area contributed by atoms with Crippen LogP contribution in [0.3, 0.4) is 0 Å². The van der Waals surface area contributed by atoms with Crippen molar-refractivity contribution >= 4 is 6.03 Å². The van der Waals surface area contributed by atoms with Crippen LogP contribution in [-0.2, 0) is 20.0 Å². The van der Waals surface area contributed by atoms with E-state index in [1.807, 2.05) is 45.3 Å². The quantitative estimate of drug-likeness (QED) is 0.861. The Labute approximate surface area is 131 Å². The number of urea groups is 1. The summed E-state index contributed by atoms with van der Waals surface area (Å²) in [6, 6.07) is 8.00. The average molecular weight is 300 g/mol. The molecule has 2 aromatic rings. The number of amides is 2. The lowest BCUT2D eigenvalue weighted by Crippen LogP contribution is -2.40. The zero-order chi connectivity index (χ0) is 15.9. The molecule has 22 heavy (non-hydrogen) atoms. The van der Waals surface area contributed by atoms with E-state index in [0.29, 0.717) is 6.54 Å². The smallest absolute Gasteiger partial charge is 0.315 e. The highest BCUT2D eigenvalue weighted by Gasteiger charge is 2.09. The standard InChI is InChI=1S/C17H24N4O/c1-13-6-4-10-18-16(13)12-19-17(22)20-14(2)8-9-15-7-5-11-21(15)3/h4-7,10-11,14H,8-9,12H2,1-3H3,(H2,19,20,22)/t14-/m1/s1. The average Bonchev–Trinajstić information content (AvgIpc) is 2.89. The van der Waals surface area contributed by atoms with Crippen molar-refractivity contribution in [2.24, 2.45) is 7.05 Å². The normalized spacial score (nSPS) is 12.0. The third kappa shape index (κ3) is 4.62. The first-order valence-electron chi connectivity index (χ1n) is 7.61. The SMILES string of the molecule is Cc1cccnc1CNC(=O)N[C@H](C)CCc1cccn1C. The van der Waals surface area contributed by atoms with Gasteiger partial charge < -0.3 is 15.2 Å². The maximum atomic E-state index is 11.9.